The first-order valence-electron chi connectivity index (χ1n) is 6.34. The van der Waals surface area contributed by atoms with Gasteiger partial charge in [0.15, 0.2) is 0 Å². The van der Waals surface area contributed by atoms with Crippen molar-refractivity contribution in [1.29, 1.82) is 0 Å². The molecule has 0 bridgehead atoms. The van der Waals surface area contributed by atoms with Crippen LogP contribution in [-0.2, 0) is 4.79 Å². The highest BCUT2D eigenvalue weighted by Gasteiger charge is 2.31. The Kier molecular flexibility index (Phi) is 4.36. The highest BCUT2D eigenvalue weighted by Crippen LogP contribution is 2.24. The molecule has 0 spiro atoms. The van der Waals surface area contributed by atoms with Crippen LogP contribution in [0.15, 0.2) is 0 Å². The normalized spacial score (nSPS) is 23.9. The maximum atomic E-state index is 12.2. The van der Waals surface area contributed by atoms with E-state index < -0.39 is 0 Å². The second kappa shape index (κ2) is 5.17. The predicted octanol–water partition coefficient (Wildman–Crippen LogP) is 2.02. The maximum Gasteiger partial charge on any atom is 0.239 e. The number of amides is 1. The van der Waals surface area contributed by atoms with E-state index in [9.17, 15) is 4.79 Å². The Morgan fingerprint density at radius 2 is 2.00 bits per heavy atom. The third-order valence-electron chi connectivity index (χ3n) is 3.79. The second-order valence-electron chi connectivity index (χ2n) is 5.99. The number of nitrogens with zero attached hydrogens (tertiary/aromatic N) is 1. The molecule has 1 N–H and O–H groups in total. The first-order valence-corrected chi connectivity index (χ1v) is 6.34. The van der Waals surface area contributed by atoms with Gasteiger partial charge in [-0.15, -0.1) is 0 Å². The molecule has 1 aliphatic rings. The molecular weight excluding hydrogens is 200 g/mol. The summed E-state index contributed by atoms with van der Waals surface area (Å²) in [5.41, 5.74) is 0.138. The summed E-state index contributed by atoms with van der Waals surface area (Å²) in [6, 6.07) is 0.312. The van der Waals surface area contributed by atoms with Crippen molar-refractivity contribution in [1.82, 2.24) is 10.2 Å². The van der Waals surface area contributed by atoms with E-state index in [1.54, 1.807) is 0 Å². The standard InChI is InChI=1S/C13H26N2O/c1-10(13(2,3)4)15(5)12(16)11-8-6-7-9-14-11/h10-11,14H,6-9H2,1-5H3/t10?,11-/m1/s1. The van der Waals surface area contributed by atoms with E-state index in [0.717, 1.165) is 13.0 Å². The van der Waals surface area contributed by atoms with Crippen LogP contribution >= 0.6 is 0 Å². The minimum absolute atomic E-state index is 0.0450. The lowest BCUT2D eigenvalue weighted by Gasteiger charge is -2.38. The van der Waals surface area contributed by atoms with E-state index in [1.807, 2.05) is 11.9 Å². The molecule has 1 heterocycles. The summed E-state index contributed by atoms with van der Waals surface area (Å²) >= 11 is 0. The van der Waals surface area contributed by atoms with Gasteiger partial charge in [-0.25, -0.2) is 0 Å². The van der Waals surface area contributed by atoms with Gasteiger partial charge in [0.1, 0.15) is 0 Å². The van der Waals surface area contributed by atoms with Gasteiger partial charge in [0.25, 0.3) is 0 Å². The molecule has 1 amide bonds. The second-order valence-corrected chi connectivity index (χ2v) is 5.99. The summed E-state index contributed by atoms with van der Waals surface area (Å²) in [4.78, 5) is 14.2. The largest absolute Gasteiger partial charge is 0.341 e. The zero-order valence-electron chi connectivity index (χ0n) is 11.3. The van der Waals surface area contributed by atoms with Gasteiger partial charge in [0, 0.05) is 13.1 Å². The fourth-order valence-corrected chi connectivity index (χ4v) is 2.08. The zero-order valence-corrected chi connectivity index (χ0v) is 11.3. The Bertz CT molecular complexity index is 239. The Labute approximate surface area is 99.6 Å². The SMILES string of the molecule is CC(N(C)C(=O)[C@H]1CCCCN1)C(C)(C)C. The van der Waals surface area contributed by atoms with E-state index in [4.69, 9.17) is 0 Å². The fraction of sp³-hybridized carbons (Fsp3) is 0.923. The van der Waals surface area contributed by atoms with E-state index >= 15 is 0 Å². The van der Waals surface area contributed by atoms with Gasteiger partial charge in [0.2, 0.25) is 5.91 Å². The molecule has 3 nitrogen and oxygen atoms in total. The summed E-state index contributed by atoms with van der Waals surface area (Å²) in [7, 11) is 1.93. The molecule has 0 aromatic carbocycles. The van der Waals surface area contributed by atoms with Crippen LogP contribution in [0.4, 0.5) is 0 Å². The highest BCUT2D eigenvalue weighted by atomic mass is 16.2. The molecular formula is C13H26N2O. The lowest BCUT2D eigenvalue weighted by molar-refractivity contribution is -0.136. The summed E-state index contributed by atoms with van der Waals surface area (Å²) in [6.45, 7) is 9.64. The molecule has 3 heteroatoms. The van der Waals surface area contributed by atoms with Crippen LogP contribution in [0.25, 0.3) is 0 Å². The number of hydrogen-bond acceptors (Lipinski definition) is 2. The van der Waals surface area contributed by atoms with Gasteiger partial charge >= 0.3 is 0 Å². The minimum Gasteiger partial charge on any atom is -0.341 e. The van der Waals surface area contributed by atoms with Gasteiger partial charge in [-0.3, -0.25) is 4.79 Å². The number of piperidine rings is 1. The highest BCUT2D eigenvalue weighted by molar-refractivity contribution is 5.82. The molecule has 0 saturated carbocycles. The number of carbonyl (C=O) groups is 1. The zero-order chi connectivity index (χ0) is 12.3. The number of hydrogen-bond donors (Lipinski definition) is 1. The lowest BCUT2D eigenvalue weighted by atomic mass is 9.86. The monoisotopic (exact) mass is 226 g/mol. The van der Waals surface area contributed by atoms with Crippen LogP contribution in [-0.4, -0.2) is 36.5 Å². The Morgan fingerprint density at radius 1 is 1.38 bits per heavy atom. The molecule has 0 aromatic heterocycles. The van der Waals surface area contributed by atoms with Crippen LogP contribution in [0.5, 0.6) is 0 Å². The van der Waals surface area contributed by atoms with Gasteiger partial charge < -0.3 is 10.2 Å². The summed E-state index contributed by atoms with van der Waals surface area (Å²) in [6.07, 6.45) is 3.35. The molecule has 0 aromatic rings. The summed E-state index contributed by atoms with van der Waals surface area (Å²) < 4.78 is 0. The van der Waals surface area contributed by atoms with Crippen LogP contribution in [0.1, 0.15) is 47.0 Å². The number of rotatable bonds is 2. The smallest absolute Gasteiger partial charge is 0.239 e. The third-order valence-corrected chi connectivity index (χ3v) is 3.79. The van der Waals surface area contributed by atoms with Crippen LogP contribution in [0.3, 0.4) is 0 Å². The van der Waals surface area contributed by atoms with Crippen molar-refractivity contribution < 1.29 is 4.79 Å². The first-order chi connectivity index (χ1) is 7.34. The van der Waals surface area contributed by atoms with Gasteiger partial charge in [-0.1, -0.05) is 27.2 Å². The maximum absolute atomic E-state index is 12.2. The predicted molar refractivity (Wildman–Crippen MR) is 67.3 cm³/mol. The molecule has 94 valence electrons. The molecule has 1 aliphatic heterocycles. The van der Waals surface area contributed by atoms with E-state index in [-0.39, 0.29) is 23.4 Å². The third kappa shape index (κ3) is 3.21. The van der Waals surface area contributed by atoms with Crippen molar-refractivity contribution in [2.75, 3.05) is 13.6 Å². The summed E-state index contributed by atoms with van der Waals surface area (Å²) in [5.74, 6) is 0.252. The van der Waals surface area contributed by atoms with E-state index in [2.05, 4.69) is 33.0 Å². The van der Waals surface area contributed by atoms with Gasteiger partial charge in [-0.05, 0) is 31.7 Å². The summed E-state index contributed by atoms with van der Waals surface area (Å²) in [5, 5.41) is 3.31. The molecule has 1 rings (SSSR count). The van der Waals surface area contributed by atoms with Crippen molar-refractivity contribution >= 4 is 5.91 Å². The molecule has 0 radical (unpaired) electrons. The molecule has 16 heavy (non-hydrogen) atoms. The Morgan fingerprint density at radius 3 is 2.44 bits per heavy atom. The van der Waals surface area contributed by atoms with E-state index in [1.165, 1.54) is 12.8 Å². The molecule has 2 atom stereocenters. The number of likely N-dealkylation sites (N-methyl/N-ethyl adjacent to an activating group) is 1. The molecule has 0 aliphatic carbocycles. The number of nitrogens with one attached hydrogen (secondary N) is 1. The Balaban J connectivity index is 2.58. The Hall–Kier alpha value is -0.570. The average Bonchev–Trinajstić information content (AvgIpc) is 2.26. The fourth-order valence-electron chi connectivity index (χ4n) is 2.08. The lowest BCUT2D eigenvalue weighted by Crippen LogP contribution is -2.52. The average molecular weight is 226 g/mol. The topological polar surface area (TPSA) is 32.3 Å². The first kappa shape index (κ1) is 13.5. The number of carbonyl (C=O) groups excluding carboxylic acids is 1. The molecule has 1 saturated heterocycles. The van der Waals surface area contributed by atoms with Crippen LogP contribution < -0.4 is 5.32 Å². The minimum atomic E-state index is 0.0450. The molecule has 1 unspecified atom stereocenters. The van der Waals surface area contributed by atoms with Crippen molar-refractivity contribution in [3.05, 3.63) is 0 Å². The van der Waals surface area contributed by atoms with Gasteiger partial charge in [-0.2, -0.15) is 0 Å². The van der Waals surface area contributed by atoms with Crippen molar-refractivity contribution in [2.45, 2.75) is 59.0 Å². The van der Waals surface area contributed by atoms with Crippen LogP contribution in [0, 0.1) is 5.41 Å². The van der Waals surface area contributed by atoms with Crippen LogP contribution in [0.2, 0.25) is 0 Å². The van der Waals surface area contributed by atoms with Crippen molar-refractivity contribution in [2.24, 2.45) is 5.41 Å². The molecule has 1 fully saturated rings. The quantitative estimate of drug-likeness (QED) is 0.781. The van der Waals surface area contributed by atoms with Crippen molar-refractivity contribution in [3.8, 4) is 0 Å². The van der Waals surface area contributed by atoms with Gasteiger partial charge in [0.05, 0.1) is 6.04 Å². The van der Waals surface area contributed by atoms with E-state index in [0.29, 0.717) is 0 Å². The van der Waals surface area contributed by atoms with Crippen molar-refractivity contribution in [3.63, 3.8) is 0 Å².